The predicted octanol–water partition coefficient (Wildman–Crippen LogP) is 0.446. The highest BCUT2D eigenvalue weighted by Gasteiger charge is 2.20. The van der Waals surface area contributed by atoms with E-state index in [-0.39, 0.29) is 18.6 Å². The number of amides is 3. The minimum atomic E-state index is -0.474. The van der Waals surface area contributed by atoms with E-state index in [2.05, 4.69) is 5.32 Å². The van der Waals surface area contributed by atoms with E-state index in [0.29, 0.717) is 6.54 Å². The number of hydrogen-bond acceptors (Lipinski definition) is 2. The SMILES string of the molecule is CCN(CC(N)=O)C(=O)NC1CCCC1. The summed E-state index contributed by atoms with van der Waals surface area (Å²) in [5.41, 5.74) is 5.05. The van der Waals surface area contributed by atoms with Gasteiger partial charge in [-0.2, -0.15) is 0 Å². The van der Waals surface area contributed by atoms with Crippen LogP contribution >= 0.6 is 0 Å². The first-order valence-electron chi connectivity index (χ1n) is 5.47. The number of primary amides is 1. The minimum absolute atomic E-state index is 0.00491. The van der Waals surface area contributed by atoms with E-state index in [1.807, 2.05) is 6.92 Å². The van der Waals surface area contributed by atoms with Crippen LogP contribution in [-0.2, 0) is 4.79 Å². The number of likely N-dealkylation sites (N-methyl/N-ethyl adjacent to an activating group) is 1. The zero-order valence-electron chi connectivity index (χ0n) is 9.16. The van der Waals surface area contributed by atoms with Gasteiger partial charge < -0.3 is 16.0 Å². The highest BCUT2D eigenvalue weighted by molar-refractivity contribution is 5.83. The maximum Gasteiger partial charge on any atom is 0.318 e. The highest BCUT2D eigenvalue weighted by Crippen LogP contribution is 2.17. The summed E-state index contributed by atoms with van der Waals surface area (Å²) in [6, 6.07) is 0.0997. The van der Waals surface area contributed by atoms with Gasteiger partial charge in [0, 0.05) is 12.6 Å². The monoisotopic (exact) mass is 213 g/mol. The molecule has 5 heteroatoms. The molecule has 0 aromatic carbocycles. The quantitative estimate of drug-likeness (QED) is 0.711. The van der Waals surface area contributed by atoms with Crippen LogP contribution in [0, 0.1) is 0 Å². The van der Waals surface area contributed by atoms with Gasteiger partial charge in [0.25, 0.3) is 0 Å². The van der Waals surface area contributed by atoms with Crippen LogP contribution in [0.2, 0.25) is 0 Å². The molecule has 1 rings (SSSR count). The van der Waals surface area contributed by atoms with Crippen molar-refractivity contribution in [2.24, 2.45) is 5.73 Å². The van der Waals surface area contributed by atoms with E-state index in [1.54, 1.807) is 0 Å². The van der Waals surface area contributed by atoms with E-state index in [9.17, 15) is 9.59 Å². The van der Waals surface area contributed by atoms with Gasteiger partial charge in [0.05, 0.1) is 0 Å². The Balaban J connectivity index is 2.38. The van der Waals surface area contributed by atoms with Crippen molar-refractivity contribution in [1.29, 1.82) is 0 Å². The summed E-state index contributed by atoms with van der Waals surface area (Å²) in [6.45, 7) is 2.33. The molecule has 86 valence electrons. The average molecular weight is 213 g/mol. The summed E-state index contributed by atoms with van der Waals surface area (Å²) in [4.78, 5) is 23.8. The van der Waals surface area contributed by atoms with Crippen molar-refractivity contribution in [2.75, 3.05) is 13.1 Å². The molecule has 0 heterocycles. The van der Waals surface area contributed by atoms with Crippen molar-refractivity contribution in [3.8, 4) is 0 Å². The Labute approximate surface area is 90.0 Å². The molecule has 0 atom stereocenters. The van der Waals surface area contributed by atoms with Crippen LogP contribution < -0.4 is 11.1 Å². The fourth-order valence-corrected chi connectivity index (χ4v) is 1.85. The zero-order chi connectivity index (χ0) is 11.3. The molecule has 1 saturated carbocycles. The van der Waals surface area contributed by atoms with E-state index in [4.69, 9.17) is 5.73 Å². The van der Waals surface area contributed by atoms with Gasteiger partial charge in [-0.05, 0) is 19.8 Å². The van der Waals surface area contributed by atoms with E-state index in [0.717, 1.165) is 12.8 Å². The molecular weight excluding hydrogens is 194 g/mol. The number of carbonyl (C=O) groups is 2. The predicted molar refractivity (Wildman–Crippen MR) is 57.2 cm³/mol. The Hall–Kier alpha value is -1.26. The third-order valence-corrected chi connectivity index (χ3v) is 2.70. The molecular formula is C10H19N3O2. The van der Waals surface area contributed by atoms with E-state index < -0.39 is 5.91 Å². The van der Waals surface area contributed by atoms with Gasteiger partial charge in [0.1, 0.15) is 6.54 Å². The van der Waals surface area contributed by atoms with Gasteiger partial charge in [0.2, 0.25) is 5.91 Å². The second kappa shape index (κ2) is 5.58. The van der Waals surface area contributed by atoms with Crippen molar-refractivity contribution < 1.29 is 9.59 Å². The maximum atomic E-state index is 11.7. The molecule has 0 aromatic heterocycles. The lowest BCUT2D eigenvalue weighted by atomic mass is 10.2. The Kier molecular flexibility index (Phi) is 4.39. The Morgan fingerprint density at radius 3 is 2.47 bits per heavy atom. The fraction of sp³-hybridized carbons (Fsp3) is 0.800. The van der Waals surface area contributed by atoms with Crippen LogP contribution in [0.1, 0.15) is 32.6 Å². The zero-order valence-corrected chi connectivity index (χ0v) is 9.16. The molecule has 0 saturated heterocycles. The first-order chi connectivity index (χ1) is 7.13. The molecule has 5 nitrogen and oxygen atoms in total. The van der Waals surface area contributed by atoms with Crippen molar-refractivity contribution in [3.63, 3.8) is 0 Å². The van der Waals surface area contributed by atoms with Gasteiger partial charge in [-0.3, -0.25) is 4.79 Å². The molecule has 0 spiro atoms. The molecule has 15 heavy (non-hydrogen) atoms. The second-order valence-corrected chi connectivity index (χ2v) is 3.91. The van der Waals surface area contributed by atoms with E-state index >= 15 is 0 Å². The molecule has 0 radical (unpaired) electrons. The largest absolute Gasteiger partial charge is 0.368 e. The van der Waals surface area contributed by atoms with Gasteiger partial charge in [-0.25, -0.2) is 4.79 Å². The van der Waals surface area contributed by atoms with Crippen LogP contribution in [0.25, 0.3) is 0 Å². The third-order valence-electron chi connectivity index (χ3n) is 2.70. The number of carbonyl (C=O) groups excluding carboxylic acids is 2. The molecule has 3 N–H and O–H groups in total. The number of urea groups is 1. The van der Waals surface area contributed by atoms with Crippen molar-refractivity contribution >= 4 is 11.9 Å². The molecule has 0 unspecified atom stereocenters. The molecule has 0 aromatic rings. The highest BCUT2D eigenvalue weighted by atomic mass is 16.2. The lowest BCUT2D eigenvalue weighted by molar-refractivity contribution is -0.118. The van der Waals surface area contributed by atoms with Gasteiger partial charge in [-0.15, -0.1) is 0 Å². The molecule has 1 aliphatic carbocycles. The number of nitrogens with one attached hydrogen (secondary N) is 1. The van der Waals surface area contributed by atoms with Crippen molar-refractivity contribution in [3.05, 3.63) is 0 Å². The summed E-state index contributed by atoms with van der Waals surface area (Å²) in [5, 5.41) is 2.91. The topological polar surface area (TPSA) is 75.4 Å². The van der Waals surface area contributed by atoms with Crippen LogP contribution in [0.3, 0.4) is 0 Å². The maximum absolute atomic E-state index is 11.7. The molecule has 1 aliphatic rings. The average Bonchev–Trinajstić information content (AvgIpc) is 2.66. The number of nitrogens with two attached hydrogens (primary N) is 1. The Morgan fingerprint density at radius 1 is 1.40 bits per heavy atom. The standard InChI is InChI=1S/C10H19N3O2/c1-2-13(7-9(11)14)10(15)12-8-5-3-4-6-8/h8H,2-7H2,1H3,(H2,11,14)(H,12,15). The van der Waals surface area contributed by atoms with Gasteiger partial charge in [-0.1, -0.05) is 12.8 Å². The molecule has 0 bridgehead atoms. The van der Waals surface area contributed by atoms with Crippen LogP contribution in [-0.4, -0.2) is 36.0 Å². The minimum Gasteiger partial charge on any atom is -0.368 e. The molecule has 1 fully saturated rings. The fourth-order valence-electron chi connectivity index (χ4n) is 1.85. The van der Waals surface area contributed by atoms with Gasteiger partial charge >= 0.3 is 6.03 Å². The number of hydrogen-bond donors (Lipinski definition) is 2. The van der Waals surface area contributed by atoms with Crippen molar-refractivity contribution in [1.82, 2.24) is 10.2 Å². The normalized spacial score (nSPS) is 16.3. The summed E-state index contributed by atoms with van der Waals surface area (Å²) in [6.07, 6.45) is 4.43. The lowest BCUT2D eigenvalue weighted by Gasteiger charge is -2.22. The Morgan fingerprint density at radius 2 is 2.00 bits per heavy atom. The Bertz CT molecular complexity index is 237. The number of nitrogens with zero attached hydrogens (tertiary/aromatic N) is 1. The molecule has 3 amide bonds. The first kappa shape index (κ1) is 11.8. The summed E-state index contributed by atoms with van der Waals surface area (Å²) >= 11 is 0. The van der Waals surface area contributed by atoms with E-state index in [1.165, 1.54) is 17.7 Å². The first-order valence-corrected chi connectivity index (χ1v) is 5.47. The van der Waals surface area contributed by atoms with Crippen LogP contribution in [0.15, 0.2) is 0 Å². The molecule has 0 aliphatic heterocycles. The van der Waals surface area contributed by atoms with Gasteiger partial charge in [0.15, 0.2) is 0 Å². The van der Waals surface area contributed by atoms with Crippen molar-refractivity contribution in [2.45, 2.75) is 38.6 Å². The smallest absolute Gasteiger partial charge is 0.318 e. The lowest BCUT2D eigenvalue weighted by Crippen LogP contribution is -2.47. The third kappa shape index (κ3) is 3.77. The van der Waals surface area contributed by atoms with Crippen LogP contribution in [0.4, 0.5) is 4.79 Å². The van der Waals surface area contributed by atoms with Crippen LogP contribution in [0.5, 0.6) is 0 Å². The summed E-state index contributed by atoms with van der Waals surface area (Å²) in [5.74, 6) is -0.474. The summed E-state index contributed by atoms with van der Waals surface area (Å²) in [7, 11) is 0. The summed E-state index contributed by atoms with van der Waals surface area (Å²) < 4.78 is 0. The second-order valence-electron chi connectivity index (χ2n) is 3.91. The number of rotatable bonds is 4.